The Bertz CT molecular complexity index is 817. The zero-order valence-corrected chi connectivity index (χ0v) is 15.2. The molecule has 0 unspecified atom stereocenters. The van der Waals surface area contributed by atoms with Gasteiger partial charge in [-0.25, -0.2) is 0 Å². The van der Waals surface area contributed by atoms with Gasteiger partial charge in [-0.15, -0.1) is 0 Å². The van der Waals surface area contributed by atoms with Crippen molar-refractivity contribution in [3.63, 3.8) is 0 Å². The molecule has 3 nitrogen and oxygen atoms in total. The Morgan fingerprint density at radius 1 is 1.04 bits per heavy atom. The molecule has 3 rings (SSSR count). The van der Waals surface area contributed by atoms with Gasteiger partial charge in [0.2, 0.25) is 0 Å². The van der Waals surface area contributed by atoms with Crippen LogP contribution in [0.5, 0.6) is 5.75 Å². The van der Waals surface area contributed by atoms with Crippen LogP contribution in [0, 0.1) is 0 Å². The number of anilines is 2. The van der Waals surface area contributed by atoms with E-state index in [-0.39, 0.29) is 5.41 Å². The number of rotatable bonds is 2. The minimum Gasteiger partial charge on any atom is -0.493 e. The Hall–Kier alpha value is -2.28. The van der Waals surface area contributed by atoms with Gasteiger partial charge in [-0.05, 0) is 66.5 Å². The molecule has 1 aliphatic heterocycles. The minimum absolute atomic E-state index is 0.00769. The van der Waals surface area contributed by atoms with Crippen LogP contribution in [0.2, 0.25) is 0 Å². The molecule has 0 saturated heterocycles. The molecule has 0 spiro atoms. The van der Waals surface area contributed by atoms with Gasteiger partial charge < -0.3 is 15.4 Å². The lowest BCUT2D eigenvalue weighted by Gasteiger charge is -2.32. The highest BCUT2D eigenvalue weighted by atomic mass is 32.1. The summed E-state index contributed by atoms with van der Waals surface area (Å²) in [6.07, 6.45) is -3.42. The van der Waals surface area contributed by atoms with E-state index in [1.165, 1.54) is 12.1 Å². The Labute approximate surface area is 155 Å². The first-order valence-corrected chi connectivity index (χ1v) is 8.59. The van der Waals surface area contributed by atoms with Gasteiger partial charge in [-0.2, -0.15) is 13.2 Å². The summed E-state index contributed by atoms with van der Waals surface area (Å²) >= 11 is 5.26. The second-order valence-corrected chi connectivity index (χ2v) is 7.26. The lowest BCUT2D eigenvalue weighted by atomic mass is 9.80. The van der Waals surface area contributed by atoms with Crippen LogP contribution in [0.15, 0.2) is 42.5 Å². The molecule has 0 aromatic heterocycles. The van der Waals surface area contributed by atoms with Gasteiger partial charge in [0.1, 0.15) is 5.75 Å². The average Bonchev–Trinajstić information content (AvgIpc) is 2.55. The van der Waals surface area contributed by atoms with Crippen molar-refractivity contribution < 1.29 is 17.9 Å². The maximum atomic E-state index is 12.6. The van der Waals surface area contributed by atoms with E-state index in [0.29, 0.717) is 17.4 Å². The monoisotopic (exact) mass is 380 g/mol. The quantitative estimate of drug-likeness (QED) is 0.667. The van der Waals surface area contributed by atoms with Gasteiger partial charge in [0, 0.05) is 16.9 Å². The lowest BCUT2D eigenvalue weighted by molar-refractivity contribution is -0.137. The molecule has 0 saturated carbocycles. The average molecular weight is 380 g/mol. The number of nitrogens with one attached hydrogen (secondary N) is 2. The Morgan fingerprint density at radius 2 is 1.65 bits per heavy atom. The molecule has 0 radical (unpaired) electrons. The zero-order chi connectivity index (χ0) is 18.9. The topological polar surface area (TPSA) is 33.3 Å². The molecule has 26 heavy (non-hydrogen) atoms. The van der Waals surface area contributed by atoms with Crippen molar-refractivity contribution in [3.8, 4) is 5.75 Å². The second kappa shape index (κ2) is 6.79. The number of hydrogen-bond donors (Lipinski definition) is 2. The summed E-state index contributed by atoms with van der Waals surface area (Å²) in [6.45, 7) is 5.02. The maximum Gasteiger partial charge on any atom is 0.416 e. The highest BCUT2D eigenvalue weighted by Crippen LogP contribution is 2.39. The van der Waals surface area contributed by atoms with Crippen molar-refractivity contribution in [1.82, 2.24) is 0 Å². The summed E-state index contributed by atoms with van der Waals surface area (Å²) in [6, 6.07) is 10.5. The van der Waals surface area contributed by atoms with Crippen molar-refractivity contribution >= 4 is 28.7 Å². The van der Waals surface area contributed by atoms with E-state index in [1.807, 2.05) is 18.2 Å². The van der Waals surface area contributed by atoms with Crippen LogP contribution >= 0.6 is 12.2 Å². The summed E-state index contributed by atoms with van der Waals surface area (Å²) in [4.78, 5) is 0. The van der Waals surface area contributed by atoms with E-state index < -0.39 is 11.7 Å². The largest absolute Gasteiger partial charge is 0.493 e. The van der Waals surface area contributed by atoms with Gasteiger partial charge in [0.25, 0.3) is 0 Å². The van der Waals surface area contributed by atoms with Crippen molar-refractivity contribution in [2.45, 2.75) is 31.9 Å². The van der Waals surface area contributed by atoms with Crippen LogP contribution in [0.25, 0.3) is 0 Å². The summed E-state index contributed by atoms with van der Waals surface area (Å²) in [7, 11) is 0. The fourth-order valence-electron chi connectivity index (χ4n) is 2.85. The SMILES string of the molecule is CC1(C)CCOc2ccc(NC(=S)Nc3ccc(C(F)(F)F)cc3)cc21. The molecule has 1 aliphatic rings. The molecule has 1 heterocycles. The first kappa shape index (κ1) is 18.5. The van der Waals surface area contributed by atoms with Crippen LogP contribution in [-0.2, 0) is 11.6 Å². The van der Waals surface area contributed by atoms with Crippen molar-refractivity contribution in [1.29, 1.82) is 0 Å². The van der Waals surface area contributed by atoms with Gasteiger partial charge >= 0.3 is 6.18 Å². The van der Waals surface area contributed by atoms with Gasteiger partial charge in [-0.1, -0.05) is 13.8 Å². The number of fused-ring (bicyclic) bond motifs is 1. The number of hydrogen-bond acceptors (Lipinski definition) is 2. The van der Waals surface area contributed by atoms with Gasteiger partial charge in [0.05, 0.1) is 12.2 Å². The summed E-state index contributed by atoms with van der Waals surface area (Å²) in [5, 5.41) is 6.26. The molecule has 0 fully saturated rings. The first-order chi connectivity index (χ1) is 12.1. The highest BCUT2D eigenvalue weighted by Gasteiger charge is 2.30. The molecule has 0 amide bonds. The molecule has 2 N–H and O–H groups in total. The predicted octanol–water partition coefficient (Wildman–Crippen LogP) is 5.57. The fraction of sp³-hybridized carbons (Fsp3) is 0.316. The Kier molecular flexibility index (Phi) is 4.84. The molecular formula is C19H19F3N2OS. The number of thiocarbonyl (C=S) groups is 1. The summed E-state index contributed by atoms with van der Waals surface area (Å²) in [5.74, 6) is 0.869. The molecule has 0 aliphatic carbocycles. The normalized spacial score (nSPS) is 15.6. The van der Waals surface area contributed by atoms with E-state index in [1.54, 1.807) is 0 Å². The standard InChI is InChI=1S/C19H19F3N2OS/c1-18(2)9-10-25-16-8-7-14(11-15(16)18)24-17(26)23-13-5-3-12(4-6-13)19(20,21)22/h3-8,11H,9-10H2,1-2H3,(H2,23,24,26). The Morgan fingerprint density at radius 3 is 2.31 bits per heavy atom. The lowest BCUT2D eigenvalue weighted by Crippen LogP contribution is -2.27. The van der Waals surface area contributed by atoms with E-state index in [4.69, 9.17) is 17.0 Å². The number of halogens is 3. The summed E-state index contributed by atoms with van der Waals surface area (Å²) < 4.78 is 43.5. The van der Waals surface area contributed by atoms with E-state index in [2.05, 4.69) is 24.5 Å². The highest BCUT2D eigenvalue weighted by molar-refractivity contribution is 7.80. The fourth-order valence-corrected chi connectivity index (χ4v) is 3.08. The maximum absolute atomic E-state index is 12.6. The number of ether oxygens (including phenoxy) is 1. The molecular weight excluding hydrogens is 361 g/mol. The van der Waals surface area contributed by atoms with Crippen LogP contribution in [0.4, 0.5) is 24.5 Å². The zero-order valence-electron chi connectivity index (χ0n) is 14.4. The van der Waals surface area contributed by atoms with E-state index in [0.717, 1.165) is 35.6 Å². The van der Waals surface area contributed by atoms with Crippen molar-refractivity contribution in [3.05, 3.63) is 53.6 Å². The molecule has 7 heteroatoms. The van der Waals surface area contributed by atoms with E-state index in [9.17, 15) is 13.2 Å². The number of benzene rings is 2. The third kappa shape index (κ3) is 4.09. The smallest absolute Gasteiger partial charge is 0.416 e. The molecule has 2 aromatic rings. The van der Waals surface area contributed by atoms with Crippen molar-refractivity contribution in [2.75, 3.05) is 17.2 Å². The van der Waals surface area contributed by atoms with Crippen molar-refractivity contribution in [2.24, 2.45) is 0 Å². The van der Waals surface area contributed by atoms with Crippen LogP contribution in [-0.4, -0.2) is 11.7 Å². The molecule has 138 valence electrons. The van der Waals surface area contributed by atoms with Gasteiger partial charge in [-0.3, -0.25) is 0 Å². The molecule has 0 bridgehead atoms. The van der Waals surface area contributed by atoms with Crippen LogP contribution in [0.3, 0.4) is 0 Å². The van der Waals surface area contributed by atoms with Gasteiger partial charge in [0.15, 0.2) is 5.11 Å². The third-order valence-electron chi connectivity index (χ3n) is 4.42. The Balaban J connectivity index is 1.69. The third-order valence-corrected chi connectivity index (χ3v) is 4.63. The summed E-state index contributed by atoms with van der Waals surface area (Å²) in [5.41, 5.74) is 1.70. The van der Waals surface area contributed by atoms with E-state index >= 15 is 0 Å². The molecule has 0 atom stereocenters. The number of alkyl halides is 3. The van der Waals surface area contributed by atoms with Crippen LogP contribution in [0.1, 0.15) is 31.4 Å². The molecule has 2 aromatic carbocycles. The minimum atomic E-state index is -4.35. The predicted molar refractivity (Wildman–Crippen MR) is 101 cm³/mol. The second-order valence-electron chi connectivity index (χ2n) is 6.85. The first-order valence-electron chi connectivity index (χ1n) is 8.18. The van der Waals surface area contributed by atoms with Crippen LogP contribution < -0.4 is 15.4 Å².